The van der Waals surface area contributed by atoms with Gasteiger partial charge in [-0.2, -0.15) is 0 Å². The first-order valence-electron chi connectivity index (χ1n) is 6.94. The number of carbonyl (C=O) groups excluding carboxylic acids is 2. The van der Waals surface area contributed by atoms with Crippen molar-refractivity contribution >= 4 is 11.8 Å². The molecular weight excluding hydrogens is 252 g/mol. The number of rotatable bonds is 3. The summed E-state index contributed by atoms with van der Waals surface area (Å²) < 4.78 is 0. The Kier molecular flexibility index (Phi) is 3.84. The Morgan fingerprint density at radius 2 is 1.90 bits per heavy atom. The molecule has 0 saturated carbocycles. The van der Waals surface area contributed by atoms with Gasteiger partial charge in [-0.05, 0) is 16.5 Å². The van der Waals surface area contributed by atoms with Crippen LogP contribution >= 0.6 is 0 Å². The zero-order valence-corrected chi connectivity index (χ0v) is 12.3. The van der Waals surface area contributed by atoms with Crippen molar-refractivity contribution in [1.82, 2.24) is 4.90 Å². The van der Waals surface area contributed by atoms with Crippen LogP contribution in [0.5, 0.6) is 0 Å². The maximum Gasteiger partial charge on any atom is 0.223 e. The lowest BCUT2D eigenvalue weighted by Crippen LogP contribution is -2.28. The Hall–Kier alpha value is -1.84. The summed E-state index contributed by atoms with van der Waals surface area (Å²) in [5.41, 5.74) is 7.74. The molecule has 0 bridgehead atoms. The van der Waals surface area contributed by atoms with Crippen molar-refractivity contribution in [3.63, 3.8) is 0 Å². The number of carbonyl (C=O) groups is 2. The molecule has 1 aromatic rings. The van der Waals surface area contributed by atoms with Gasteiger partial charge in [0.05, 0.1) is 5.92 Å². The molecular formula is C16H22N2O2. The lowest BCUT2D eigenvalue weighted by Gasteiger charge is -2.20. The second-order valence-electron chi connectivity index (χ2n) is 6.52. The fourth-order valence-electron chi connectivity index (χ4n) is 2.45. The fraction of sp³-hybridized carbons (Fsp3) is 0.500. The van der Waals surface area contributed by atoms with Gasteiger partial charge in [0, 0.05) is 19.5 Å². The van der Waals surface area contributed by atoms with Crippen LogP contribution in [0.15, 0.2) is 24.3 Å². The van der Waals surface area contributed by atoms with E-state index >= 15 is 0 Å². The third-order valence-electron chi connectivity index (χ3n) is 3.81. The number of nitrogens with zero attached hydrogens (tertiary/aromatic N) is 1. The van der Waals surface area contributed by atoms with Crippen molar-refractivity contribution in [2.45, 2.75) is 39.2 Å². The van der Waals surface area contributed by atoms with Crippen LogP contribution in [-0.2, 0) is 21.5 Å². The normalized spacial score (nSPS) is 19.4. The van der Waals surface area contributed by atoms with Gasteiger partial charge in [0.15, 0.2) is 0 Å². The second kappa shape index (κ2) is 5.27. The SMILES string of the molecule is CC(C)(C)c1ccc(CN2CC(C(N)=O)CC2=O)cc1. The van der Waals surface area contributed by atoms with Gasteiger partial charge in [0.25, 0.3) is 0 Å². The van der Waals surface area contributed by atoms with E-state index in [0.29, 0.717) is 13.1 Å². The molecule has 0 aliphatic carbocycles. The molecule has 1 heterocycles. The van der Waals surface area contributed by atoms with Crippen LogP contribution in [0.3, 0.4) is 0 Å². The van der Waals surface area contributed by atoms with Crippen LogP contribution in [0.25, 0.3) is 0 Å². The Morgan fingerprint density at radius 3 is 2.35 bits per heavy atom. The van der Waals surface area contributed by atoms with Crippen molar-refractivity contribution in [2.75, 3.05) is 6.54 Å². The summed E-state index contributed by atoms with van der Waals surface area (Å²) in [6.07, 6.45) is 0.245. The quantitative estimate of drug-likeness (QED) is 0.913. The summed E-state index contributed by atoms with van der Waals surface area (Å²) in [7, 11) is 0. The molecule has 1 aliphatic heterocycles. The van der Waals surface area contributed by atoms with Gasteiger partial charge in [-0.25, -0.2) is 0 Å². The Labute approximate surface area is 119 Å². The number of amides is 2. The monoisotopic (exact) mass is 274 g/mol. The van der Waals surface area contributed by atoms with Gasteiger partial charge < -0.3 is 10.6 Å². The van der Waals surface area contributed by atoms with Crippen LogP contribution in [0, 0.1) is 5.92 Å². The fourth-order valence-corrected chi connectivity index (χ4v) is 2.45. The second-order valence-corrected chi connectivity index (χ2v) is 6.52. The summed E-state index contributed by atoms with van der Waals surface area (Å²) in [5.74, 6) is -0.714. The molecule has 0 aromatic heterocycles. The van der Waals surface area contributed by atoms with E-state index in [2.05, 4.69) is 32.9 Å². The standard InChI is InChI=1S/C16H22N2O2/c1-16(2,3)13-6-4-11(5-7-13)9-18-10-12(15(17)20)8-14(18)19/h4-7,12H,8-10H2,1-3H3,(H2,17,20). The first-order chi connectivity index (χ1) is 9.27. The molecule has 1 saturated heterocycles. The smallest absolute Gasteiger partial charge is 0.223 e. The first-order valence-corrected chi connectivity index (χ1v) is 6.94. The molecule has 1 atom stereocenters. The van der Waals surface area contributed by atoms with Crippen molar-refractivity contribution < 1.29 is 9.59 Å². The van der Waals surface area contributed by atoms with E-state index in [1.165, 1.54) is 5.56 Å². The molecule has 4 heteroatoms. The summed E-state index contributed by atoms with van der Waals surface area (Å²) >= 11 is 0. The number of hydrogen-bond acceptors (Lipinski definition) is 2. The highest BCUT2D eigenvalue weighted by Crippen LogP contribution is 2.24. The molecule has 2 amide bonds. The Bertz CT molecular complexity index is 514. The third kappa shape index (κ3) is 3.18. The van der Waals surface area contributed by atoms with Crippen LogP contribution in [-0.4, -0.2) is 23.3 Å². The van der Waals surface area contributed by atoms with Crippen molar-refractivity contribution in [1.29, 1.82) is 0 Å². The highest BCUT2D eigenvalue weighted by molar-refractivity contribution is 5.88. The van der Waals surface area contributed by atoms with E-state index in [0.717, 1.165) is 5.56 Å². The number of primary amides is 1. The van der Waals surface area contributed by atoms with Gasteiger partial charge in [-0.15, -0.1) is 0 Å². The maximum absolute atomic E-state index is 11.8. The number of benzene rings is 1. The van der Waals surface area contributed by atoms with Crippen LogP contribution < -0.4 is 5.73 Å². The molecule has 1 aliphatic rings. The van der Waals surface area contributed by atoms with Crippen LogP contribution in [0.4, 0.5) is 0 Å². The van der Waals surface area contributed by atoms with Crippen molar-refractivity contribution in [2.24, 2.45) is 11.7 Å². The molecule has 2 N–H and O–H groups in total. The van der Waals surface area contributed by atoms with E-state index in [1.54, 1.807) is 4.90 Å². The van der Waals surface area contributed by atoms with Gasteiger partial charge >= 0.3 is 0 Å². The number of likely N-dealkylation sites (tertiary alicyclic amines) is 1. The topological polar surface area (TPSA) is 63.4 Å². The molecule has 2 rings (SSSR count). The molecule has 1 aromatic carbocycles. The predicted molar refractivity (Wildman–Crippen MR) is 77.9 cm³/mol. The highest BCUT2D eigenvalue weighted by Gasteiger charge is 2.32. The average Bonchev–Trinajstić information content (AvgIpc) is 2.71. The highest BCUT2D eigenvalue weighted by atomic mass is 16.2. The summed E-state index contributed by atoms with van der Waals surface area (Å²) in [6.45, 7) is 7.50. The maximum atomic E-state index is 11.8. The minimum atomic E-state index is -0.385. The molecule has 1 unspecified atom stereocenters. The van der Waals surface area contributed by atoms with Gasteiger partial charge in [-0.3, -0.25) is 9.59 Å². The minimum Gasteiger partial charge on any atom is -0.369 e. The summed E-state index contributed by atoms with van der Waals surface area (Å²) in [5, 5.41) is 0. The van der Waals surface area contributed by atoms with Gasteiger partial charge in [0.2, 0.25) is 11.8 Å². The molecule has 20 heavy (non-hydrogen) atoms. The third-order valence-corrected chi connectivity index (χ3v) is 3.81. The van der Waals surface area contributed by atoms with E-state index in [9.17, 15) is 9.59 Å². The number of nitrogens with two attached hydrogens (primary N) is 1. The summed E-state index contributed by atoms with van der Waals surface area (Å²) in [4.78, 5) is 24.7. The molecule has 108 valence electrons. The largest absolute Gasteiger partial charge is 0.369 e. The molecule has 1 fully saturated rings. The zero-order valence-electron chi connectivity index (χ0n) is 12.3. The molecule has 0 radical (unpaired) electrons. The van der Waals surface area contributed by atoms with Gasteiger partial charge in [0.1, 0.15) is 0 Å². The van der Waals surface area contributed by atoms with E-state index in [1.807, 2.05) is 12.1 Å². The average molecular weight is 274 g/mol. The Balaban J connectivity index is 2.04. The van der Waals surface area contributed by atoms with E-state index < -0.39 is 0 Å². The van der Waals surface area contributed by atoms with Crippen molar-refractivity contribution in [3.8, 4) is 0 Å². The van der Waals surface area contributed by atoms with Crippen molar-refractivity contribution in [3.05, 3.63) is 35.4 Å². The number of hydrogen-bond donors (Lipinski definition) is 1. The van der Waals surface area contributed by atoms with Gasteiger partial charge in [-0.1, -0.05) is 45.0 Å². The predicted octanol–water partition coefficient (Wildman–Crippen LogP) is 1.82. The lowest BCUT2D eigenvalue weighted by molar-refractivity contribution is -0.128. The zero-order chi connectivity index (χ0) is 14.9. The van der Waals surface area contributed by atoms with Crippen LogP contribution in [0.1, 0.15) is 38.3 Å². The van der Waals surface area contributed by atoms with E-state index in [-0.39, 0.29) is 29.6 Å². The summed E-state index contributed by atoms with van der Waals surface area (Å²) in [6, 6.07) is 8.29. The van der Waals surface area contributed by atoms with E-state index in [4.69, 9.17) is 5.73 Å². The molecule has 0 spiro atoms. The first kappa shape index (κ1) is 14.6. The minimum absolute atomic E-state index is 0.00805. The lowest BCUT2D eigenvalue weighted by atomic mass is 9.87. The Morgan fingerprint density at radius 1 is 1.30 bits per heavy atom. The van der Waals surface area contributed by atoms with Crippen LogP contribution in [0.2, 0.25) is 0 Å². The molecule has 4 nitrogen and oxygen atoms in total.